The van der Waals surface area contributed by atoms with Gasteiger partial charge in [-0.05, 0) is 31.2 Å². The van der Waals surface area contributed by atoms with Gasteiger partial charge in [0.15, 0.2) is 17.3 Å². The summed E-state index contributed by atoms with van der Waals surface area (Å²) < 4.78 is 29.9. The van der Waals surface area contributed by atoms with Gasteiger partial charge in [-0.2, -0.15) is 0 Å². The second kappa shape index (κ2) is 6.76. The first-order valence-corrected chi connectivity index (χ1v) is 11.5. The van der Waals surface area contributed by atoms with Gasteiger partial charge in [0.1, 0.15) is 5.52 Å². The smallest absolute Gasteiger partial charge is 0.269 e. The number of benzene rings is 1. The number of imidazole rings is 2. The topological polar surface area (TPSA) is 110 Å². The number of H-pyrrole nitrogens is 1. The van der Waals surface area contributed by atoms with Gasteiger partial charge in [-0.25, -0.2) is 27.3 Å². The number of aromatic amines is 1. The van der Waals surface area contributed by atoms with Crippen molar-refractivity contribution in [2.24, 2.45) is 0 Å². The Hall–Kier alpha value is -3.50. The van der Waals surface area contributed by atoms with Crippen LogP contribution >= 0.6 is 0 Å². The molecule has 0 saturated carbocycles. The third-order valence-corrected chi connectivity index (χ3v) is 7.42. The Labute approximate surface area is 177 Å². The number of fused-ring (bicyclic) bond motifs is 3. The predicted molar refractivity (Wildman–Crippen MR) is 116 cm³/mol. The van der Waals surface area contributed by atoms with E-state index in [2.05, 4.69) is 24.8 Å². The van der Waals surface area contributed by atoms with Crippen LogP contribution < -0.4 is 5.32 Å². The van der Waals surface area contributed by atoms with Gasteiger partial charge in [0.2, 0.25) is 0 Å². The summed E-state index contributed by atoms with van der Waals surface area (Å²) >= 11 is 0. The molecular formula is C21H19N7O2S. The van der Waals surface area contributed by atoms with Gasteiger partial charge in [-0.15, -0.1) is 0 Å². The van der Waals surface area contributed by atoms with E-state index in [-0.39, 0.29) is 10.9 Å². The number of pyridine rings is 1. The fraction of sp³-hybridized carbons (Fsp3) is 0.190. The van der Waals surface area contributed by atoms with Crippen LogP contribution in [0.2, 0.25) is 0 Å². The zero-order valence-electron chi connectivity index (χ0n) is 16.4. The third kappa shape index (κ3) is 2.72. The van der Waals surface area contributed by atoms with Crippen LogP contribution in [0.5, 0.6) is 0 Å². The molecule has 1 aliphatic heterocycles. The van der Waals surface area contributed by atoms with Gasteiger partial charge in [0.05, 0.1) is 16.6 Å². The van der Waals surface area contributed by atoms with E-state index in [9.17, 15) is 8.42 Å². The molecule has 1 fully saturated rings. The molecule has 10 heteroatoms. The van der Waals surface area contributed by atoms with Crippen molar-refractivity contribution in [2.75, 3.05) is 13.1 Å². The highest BCUT2D eigenvalue weighted by Gasteiger charge is 2.27. The summed E-state index contributed by atoms with van der Waals surface area (Å²) in [6.07, 6.45) is 7.62. The third-order valence-electron chi connectivity index (χ3n) is 5.74. The molecule has 5 aromatic rings. The molecule has 1 saturated heterocycles. The molecule has 0 bridgehead atoms. The minimum absolute atomic E-state index is 0.185. The van der Waals surface area contributed by atoms with Crippen LogP contribution in [0.15, 0.2) is 66.1 Å². The van der Waals surface area contributed by atoms with E-state index >= 15 is 0 Å². The van der Waals surface area contributed by atoms with E-state index in [1.165, 1.54) is 3.97 Å². The largest absolute Gasteiger partial charge is 0.342 e. The molecule has 0 aliphatic carbocycles. The van der Waals surface area contributed by atoms with Gasteiger partial charge in [0, 0.05) is 36.6 Å². The molecule has 2 N–H and O–H groups in total. The van der Waals surface area contributed by atoms with Crippen molar-refractivity contribution in [2.45, 2.75) is 17.4 Å². The van der Waals surface area contributed by atoms with Crippen LogP contribution in [0, 0.1) is 0 Å². The molecule has 31 heavy (non-hydrogen) atoms. The minimum atomic E-state index is -3.77. The summed E-state index contributed by atoms with van der Waals surface area (Å²) in [5, 5.41) is 4.15. The standard InChI is InChI=1S/C21H19N7O2S/c29-31(30,15-4-2-1-3-5-15)27-11-7-16-18-17(13-25-20(16)27)26-21(19-23-9-10-24-19)28(18)14-6-8-22-12-14/h1-5,7,9-11,13-14,22H,6,8,12H2,(H,23,24). The van der Waals surface area contributed by atoms with Gasteiger partial charge < -0.3 is 14.9 Å². The Morgan fingerprint density at radius 1 is 1.10 bits per heavy atom. The zero-order valence-corrected chi connectivity index (χ0v) is 17.2. The highest BCUT2D eigenvalue weighted by molar-refractivity contribution is 7.90. The molecule has 1 aliphatic rings. The van der Waals surface area contributed by atoms with Gasteiger partial charge >= 0.3 is 0 Å². The molecule has 1 atom stereocenters. The van der Waals surface area contributed by atoms with Crippen molar-refractivity contribution >= 4 is 32.1 Å². The fourth-order valence-corrected chi connectivity index (χ4v) is 5.64. The Balaban J connectivity index is 1.64. The second-order valence-corrected chi connectivity index (χ2v) is 9.36. The fourth-order valence-electron chi connectivity index (χ4n) is 4.32. The van der Waals surface area contributed by atoms with Crippen LogP contribution in [-0.4, -0.2) is 50.0 Å². The Bertz CT molecular complexity index is 1500. The number of rotatable bonds is 4. The molecule has 9 nitrogen and oxygen atoms in total. The van der Waals surface area contributed by atoms with Crippen molar-refractivity contribution in [1.82, 2.24) is 33.8 Å². The summed E-state index contributed by atoms with van der Waals surface area (Å²) in [4.78, 5) is 17.0. The number of hydrogen-bond donors (Lipinski definition) is 2. The molecule has 0 spiro atoms. The summed E-state index contributed by atoms with van der Waals surface area (Å²) in [7, 11) is -3.77. The lowest BCUT2D eigenvalue weighted by Gasteiger charge is -2.15. The molecule has 5 heterocycles. The average Bonchev–Trinajstić information content (AvgIpc) is 3.58. The second-order valence-electron chi connectivity index (χ2n) is 7.55. The molecule has 1 unspecified atom stereocenters. The number of nitrogens with zero attached hydrogens (tertiary/aromatic N) is 5. The highest BCUT2D eigenvalue weighted by atomic mass is 32.2. The molecule has 4 aromatic heterocycles. The van der Waals surface area contributed by atoms with Crippen molar-refractivity contribution in [3.05, 3.63) is 61.2 Å². The first-order chi connectivity index (χ1) is 15.1. The first kappa shape index (κ1) is 18.3. The maximum Gasteiger partial charge on any atom is 0.269 e. The van der Waals surface area contributed by atoms with E-state index in [1.807, 2.05) is 0 Å². The van der Waals surface area contributed by atoms with Crippen LogP contribution in [-0.2, 0) is 10.0 Å². The van der Waals surface area contributed by atoms with Crippen molar-refractivity contribution in [3.63, 3.8) is 0 Å². The van der Waals surface area contributed by atoms with E-state index in [4.69, 9.17) is 4.98 Å². The van der Waals surface area contributed by atoms with Crippen LogP contribution in [0.3, 0.4) is 0 Å². The quantitative estimate of drug-likeness (QED) is 0.451. The number of aromatic nitrogens is 6. The van der Waals surface area contributed by atoms with Gasteiger partial charge in [-0.3, -0.25) is 0 Å². The monoisotopic (exact) mass is 433 g/mol. The van der Waals surface area contributed by atoms with Crippen molar-refractivity contribution in [1.29, 1.82) is 0 Å². The Morgan fingerprint density at radius 3 is 2.71 bits per heavy atom. The van der Waals surface area contributed by atoms with Gasteiger partial charge in [0.25, 0.3) is 10.0 Å². The summed E-state index contributed by atoms with van der Waals surface area (Å²) in [5.41, 5.74) is 1.96. The highest BCUT2D eigenvalue weighted by Crippen LogP contribution is 2.34. The summed E-state index contributed by atoms with van der Waals surface area (Å²) in [6, 6.07) is 10.4. The maximum atomic E-state index is 13.3. The normalized spacial score (nSPS) is 17.1. The maximum absolute atomic E-state index is 13.3. The van der Waals surface area contributed by atoms with E-state index in [0.29, 0.717) is 17.0 Å². The lowest BCUT2D eigenvalue weighted by molar-refractivity contribution is 0.566. The molecule has 6 rings (SSSR count). The summed E-state index contributed by atoms with van der Waals surface area (Å²) in [5.74, 6) is 1.40. The lowest BCUT2D eigenvalue weighted by Crippen LogP contribution is -2.15. The van der Waals surface area contributed by atoms with E-state index in [1.54, 1.807) is 61.2 Å². The number of nitrogens with one attached hydrogen (secondary N) is 2. The Morgan fingerprint density at radius 2 is 1.97 bits per heavy atom. The molecule has 0 amide bonds. The van der Waals surface area contributed by atoms with Gasteiger partial charge in [-0.1, -0.05) is 18.2 Å². The predicted octanol–water partition coefficient (Wildman–Crippen LogP) is 2.55. The van der Waals surface area contributed by atoms with Crippen molar-refractivity contribution < 1.29 is 8.42 Å². The molecular weight excluding hydrogens is 414 g/mol. The summed E-state index contributed by atoms with van der Waals surface area (Å²) in [6.45, 7) is 1.73. The van der Waals surface area contributed by atoms with E-state index < -0.39 is 10.0 Å². The minimum Gasteiger partial charge on any atom is -0.342 e. The average molecular weight is 433 g/mol. The zero-order chi connectivity index (χ0) is 21.0. The lowest BCUT2D eigenvalue weighted by atomic mass is 10.2. The number of hydrogen-bond acceptors (Lipinski definition) is 6. The van der Waals surface area contributed by atoms with Crippen molar-refractivity contribution in [3.8, 4) is 11.6 Å². The molecule has 156 valence electrons. The molecule has 0 radical (unpaired) electrons. The van der Waals surface area contributed by atoms with Crippen LogP contribution in [0.4, 0.5) is 0 Å². The first-order valence-electron chi connectivity index (χ1n) is 10.0. The van der Waals surface area contributed by atoms with E-state index in [0.717, 1.165) is 36.2 Å². The van der Waals surface area contributed by atoms with Crippen LogP contribution in [0.25, 0.3) is 33.7 Å². The van der Waals surface area contributed by atoms with Crippen LogP contribution in [0.1, 0.15) is 12.5 Å². The Kier molecular flexibility index (Phi) is 3.99. The molecule has 1 aromatic carbocycles. The SMILES string of the molecule is O=S(=O)(c1ccccc1)n1ccc2c1ncc1nc(-c3ncc[nH]3)n(C3CCNC3)c12.